The van der Waals surface area contributed by atoms with Crippen LogP contribution in [0.15, 0.2) is 78.9 Å². The fraction of sp³-hybridized carbons (Fsp3) is 0.300. The molecule has 2 aliphatic heterocycles. The Morgan fingerprint density at radius 2 is 1.50 bits per heavy atom. The molecule has 10 heteroatoms. The Balaban J connectivity index is 1.40. The number of nitrogens with one attached hydrogen (secondary N) is 1. The number of carbonyl (C=O) groups is 3. The molecule has 208 valence electrons. The molecule has 3 aromatic rings. The van der Waals surface area contributed by atoms with Gasteiger partial charge in [-0.1, -0.05) is 54.6 Å². The third-order valence-corrected chi connectivity index (χ3v) is 7.36. The zero-order valence-corrected chi connectivity index (χ0v) is 22.2. The van der Waals surface area contributed by atoms with Crippen LogP contribution in [0.25, 0.3) is 0 Å². The van der Waals surface area contributed by atoms with E-state index in [1.165, 1.54) is 29.3 Å². The highest BCUT2D eigenvalue weighted by Gasteiger charge is 2.50. The summed E-state index contributed by atoms with van der Waals surface area (Å²) in [5.74, 6) is -1.12. The van der Waals surface area contributed by atoms with Gasteiger partial charge in [-0.2, -0.15) is 0 Å². The molecule has 4 amide bonds. The second kappa shape index (κ2) is 11.8. The molecule has 2 fully saturated rings. The number of carbonyl (C=O) groups excluding carboxylic acids is 3. The minimum Gasteiger partial charge on any atom is -0.337 e. The molecule has 2 aliphatic rings. The van der Waals surface area contributed by atoms with Crippen LogP contribution in [0.3, 0.4) is 0 Å². The first kappa shape index (κ1) is 27.3. The minimum atomic E-state index is -0.789. The van der Waals surface area contributed by atoms with Crippen LogP contribution in [0.4, 0.5) is 13.6 Å². The summed E-state index contributed by atoms with van der Waals surface area (Å²) in [5, 5.41) is 5.92. The molecule has 40 heavy (non-hydrogen) atoms. The summed E-state index contributed by atoms with van der Waals surface area (Å²) >= 11 is 0. The summed E-state index contributed by atoms with van der Waals surface area (Å²) in [4.78, 5) is 43.9. The van der Waals surface area contributed by atoms with E-state index >= 15 is 0 Å². The Hall–Kier alpha value is -4.31. The lowest BCUT2D eigenvalue weighted by Gasteiger charge is -2.54. The number of nitrogens with zero attached hydrogens (tertiary/aromatic N) is 4. The molecule has 0 aromatic heterocycles. The number of hydrogen-bond acceptors (Lipinski definition) is 4. The third kappa shape index (κ3) is 5.96. The zero-order chi connectivity index (χ0) is 28.2. The van der Waals surface area contributed by atoms with Gasteiger partial charge in [0.05, 0.1) is 13.1 Å². The summed E-state index contributed by atoms with van der Waals surface area (Å²) in [7, 11) is 1.66. The molecular weight excluding hydrogens is 516 g/mol. The van der Waals surface area contributed by atoms with Crippen molar-refractivity contribution in [2.75, 3.05) is 26.7 Å². The molecule has 2 saturated heterocycles. The van der Waals surface area contributed by atoms with Gasteiger partial charge < -0.3 is 15.1 Å². The summed E-state index contributed by atoms with van der Waals surface area (Å²) in [6, 6.07) is 20.2. The van der Waals surface area contributed by atoms with Gasteiger partial charge in [0, 0.05) is 26.6 Å². The van der Waals surface area contributed by atoms with E-state index < -0.39 is 18.2 Å². The van der Waals surface area contributed by atoms with E-state index in [0.717, 1.165) is 16.7 Å². The van der Waals surface area contributed by atoms with Crippen LogP contribution in [0.5, 0.6) is 0 Å². The van der Waals surface area contributed by atoms with E-state index in [4.69, 9.17) is 0 Å². The van der Waals surface area contributed by atoms with Crippen LogP contribution in [0.2, 0.25) is 0 Å². The van der Waals surface area contributed by atoms with Gasteiger partial charge in [-0.05, 0) is 47.4 Å². The van der Waals surface area contributed by atoms with Crippen molar-refractivity contribution in [3.8, 4) is 0 Å². The van der Waals surface area contributed by atoms with Crippen molar-refractivity contribution < 1.29 is 23.2 Å². The predicted octanol–water partition coefficient (Wildman–Crippen LogP) is 3.19. The largest absolute Gasteiger partial charge is 0.337 e. The summed E-state index contributed by atoms with van der Waals surface area (Å²) in [5.41, 5.74) is 2.50. The molecule has 0 saturated carbocycles. The molecule has 5 rings (SSSR count). The summed E-state index contributed by atoms with van der Waals surface area (Å²) in [6.07, 6.45) is 0.0835. The lowest BCUT2D eigenvalue weighted by atomic mass is 9.98. The number of urea groups is 1. The number of rotatable bonds is 7. The van der Waals surface area contributed by atoms with Crippen molar-refractivity contribution in [2.45, 2.75) is 31.6 Å². The average Bonchev–Trinajstić information content (AvgIpc) is 2.94. The van der Waals surface area contributed by atoms with E-state index in [2.05, 4.69) is 5.32 Å². The number of benzene rings is 3. The second-order valence-corrected chi connectivity index (χ2v) is 10.1. The standard InChI is InChI=1S/C30H31F2N5O3/c1-34-20-28(38)36-26(17-22-5-3-2-4-6-22)29(39)35(16-15-21-7-11-24(31)12-8-21)19-27(36)37(34)30(40)33-18-23-9-13-25(32)14-10-23/h2-14,26-27H,15-20H2,1H3,(H,33,40)/t26-,27-/m0/s1. The fourth-order valence-electron chi connectivity index (χ4n) is 5.32. The molecule has 0 unspecified atom stereocenters. The fourth-order valence-corrected chi connectivity index (χ4v) is 5.32. The number of fused-ring (bicyclic) bond motifs is 1. The maximum absolute atomic E-state index is 13.8. The van der Waals surface area contributed by atoms with Crippen molar-refractivity contribution in [3.63, 3.8) is 0 Å². The Morgan fingerprint density at radius 1 is 0.875 bits per heavy atom. The maximum atomic E-state index is 13.8. The smallest absolute Gasteiger partial charge is 0.334 e. The van der Waals surface area contributed by atoms with Gasteiger partial charge in [0.25, 0.3) is 0 Å². The topological polar surface area (TPSA) is 76.2 Å². The van der Waals surface area contributed by atoms with E-state index in [1.807, 2.05) is 30.3 Å². The first-order valence-corrected chi connectivity index (χ1v) is 13.2. The molecule has 0 aliphatic carbocycles. The van der Waals surface area contributed by atoms with Gasteiger partial charge >= 0.3 is 6.03 Å². The van der Waals surface area contributed by atoms with Crippen molar-refractivity contribution in [3.05, 3.63) is 107 Å². The van der Waals surface area contributed by atoms with Crippen LogP contribution < -0.4 is 5.32 Å². The van der Waals surface area contributed by atoms with E-state index in [0.29, 0.717) is 19.4 Å². The molecule has 0 spiro atoms. The first-order chi connectivity index (χ1) is 19.3. The highest BCUT2D eigenvalue weighted by atomic mass is 19.1. The monoisotopic (exact) mass is 547 g/mol. The van der Waals surface area contributed by atoms with Gasteiger partial charge in [-0.3, -0.25) is 9.59 Å². The average molecular weight is 548 g/mol. The van der Waals surface area contributed by atoms with Gasteiger partial charge in [0.15, 0.2) is 0 Å². The Morgan fingerprint density at radius 3 is 2.15 bits per heavy atom. The van der Waals surface area contributed by atoms with E-state index in [9.17, 15) is 23.2 Å². The molecule has 0 radical (unpaired) electrons. The van der Waals surface area contributed by atoms with E-state index in [-0.39, 0.29) is 43.1 Å². The number of hydrazine groups is 1. The lowest BCUT2D eigenvalue weighted by molar-refractivity contribution is -0.186. The SMILES string of the molecule is CN1CC(=O)N2[C@@H](Cc3ccccc3)C(=O)N(CCc3ccc(F)cc3)C[C@@H]2N1C(=O)NCc1ccc(F)cc1. The first-order valence-electron chi connectivity index (χ1n) is 13.2. The van der Waals surface area contributed by atoms with Gasteiger partial charge in [0.1, 0.15) is 23.8 Å². The van der Waals surface area contributed by atoms with Crippen molar-refractivity contribution in [2.24, 2.45) is 0 Å². The van der Waals surface area contributed by atoms with Gasteiger partial charge in [0.2, 0.25) is 11.8 Å². The lowest BCUT2D eigenvalue weighted by Crippen LogP contribution is -2.76. The van der Waals surface area contributed by atoms with Gasteiger partial charge in [-0.25, -0.2) is 23.6 Å². The Labute approximate surface area is 231 Å². The number of hydrogen-bond donors (Lipinski definition) is 1. The Kier molecular flexibility index (Phi) is 8.06. The molecule has 0 bridgehead atoms. The quantitative estimate of drug-likeness (QED) is 0.493. The minimum absolute atomic E-state index is 0.0609. The maximum Gasteiger partial charge on any atom is 0.334 e. The normalized spacial score (nSPS) is 19.5. The zero-order valence-electron chi connectivity index (χ0n) is 22.2. The number of likely N-dealkylation sites (N-methyl/N-ethyl adjacent to an activating group) is 1. The summed E-state index contributed by atoms with van der Waals surface area (Å²) in [6.45, 7) is 0.591. The molecule has 1 N–H and O–H groups in total. The van der Waals surface area contributed by atoms with Crippen LogP contribution in [0.1, 0.15) is 16.7 Å². The molecular formula is C30H31F2N5O3. The van der Waals surface area contributed by atoms with Crippen molar-refractivity contribution in [1.82, 2.24) is 25.1 Å². The van der Waals surface area contributed by atoms with Crippen LogP contribution in [-0.4, -0.2) is 76.6 Å². The highest BCUT2D eigenvalue weighted by Crippen LogP contribution is 2.28. The van der Waals surface area contributed by atoms with Crippen LogP contribution in [0, 0.1) is 11.6 Å². The molecule has 8 nitrogen and oxygen atoms in total. The Bertz CT molecular complexity index is 1350. The molecule has 2 heterocycles. The van der Waals surface area contributed by atoms with Crippen molar-refractivity contribution in [1.29, 1.82) is 0 Å². The van der Waals surface area contributed by atoms with Crippen LogP contribution >= 0.6 is 0 Å². The number of amides is 4. The van der Waals surface area contributed by atoms with Gasteiger partial charge in [-0.15, -0.1) is 0 Å². The number of halogens is 2. The summed E-state index contributed by atoms with van der Waals surface area (Å²) < 4.78 is 26.7. The predicted molar refractivity (Wildman–Crippen MR) is 144 cm³/mol. The van der Waals surface area contributed by atoms with Crippen LogP contribution in [-0.2, 0) is 29.0 Å². The third-order valence-electron chi connectivity index (χ3n) is 7.36. The molecule has 3 aromatic carbocycles. The highest BCUT2D eigenvalue weighted by molar-refractivity contribution is 5.91. The van der Waals surface area contributed by atoms with E-state index in [1.54, 1.807) is 46.1 Å². The van der Waals surface area contributed by atoms with Crippen molar-refractivity contribution >= 4 is 17.8 Å². The molecule has 2 atom stereocenters. The second-order valence-electron chi connectivity index (χ2n) is 10.1. The number of piperazine rings is 1.